The van der Waals surface area contributed by atoms with Gasteiger partial charge in [0.15, 0.2) is 0 Å². The van der Waals surface area contributed by atoms with E-state index >= 15 is 0 Å². The molecule has 0 spiro atoms. The van der Waals surface area contributed by atoms with Crippen LogP contribution >= 0.6 is 0 Å². The highest BCUT2D eigenvalue weighted by atomic mass is 17.1. The third-order valence-electron chi connectivity index (χ3n) is 6.68. The molecule has 4 nitrogen and oxygen atoms in total. The average molecular weight is 336 g/mol. The SMILES string of the molecule is C=C1CC[C@H](C(C)C)[C@@H]2[C@H]1[C@H]1CC(=C)[C@@H](OO)CC[C@@](C)(O)[C@@H]2O1. The first-order valence-corrected chi connectivity index (χ1v) is 9.29. The first-order valence-electron chi connectivity index (χ1n) is 9.29. The van der Waals surface area contributed by atoms with Crippen LogP contribution in [-0.4, -0.2) is 34.3 Å². The minimum Gasteiger partial charge on any atom is -0.387 e. The summed E-state index contributed by atoms with van der Waals surface area (Å²) in [6.07, 6.45) is 3.24. The molecule has 3 rings (SSSR count). The van der Waals surface area contributed by atoms with Crippen molar-refractivity contribution in [2.24, 2.45) is 23.7 Å². The zero-order valence-corrected chi connectivity index (χ0v) is 15.2. The van der Waals surface area contributed by atoms with Crippen molar-refractivity contribution in [2.75, 3.05) is 0 Å². The molecule has 0 radical (unpaired) electrons. The molecule has 0 aromatic rings. The Bertz CT molecular complexity index is 510. The van der Waals surface area contributed by atoms with Crippen molar-refractivity contribution in [1.82, 2.24) is 0 Å². The quantitative estimate of drug-likeness (QED) is 0.455. The van der Waals surface area contributed by atoms with Crippen LogP contribution < -0.4 is 0 Å². The standard InChI is InChI=1S/C20H32O4/c1-11(2)14-7-6-12(3)17-16-10-13(4)15(24-22)8-9-20(5,21)19(23-16)18(14)17/h11,14-19,21-22H,3-4,6-10H2,1-2,5H3/t14-,15+,16-,17-,18-,19-,20-/m1/s1. The summed E-state index contributed by atoms with van der Waals surface area (Å²) in [6, 6.07) is 0. The fourth-order valence-electron chi connectivity index (χ4n) is 5.34. The summed E-state index contributed by atoms with van der Waals surface area (Å²) in [5.41, 5.74) is 1.15. The predicted molar refractivity (Wildman–Crippen MR) is 93.5 cm³/mol. The van der Waals surface area contributed by atoms with Gasteiger partial charge in [0.1, 0.15) is 6.10 Å². The summed E-state index contributed by atoms with van der Waals surface area (Å²) in [5, 5.41) is 20.4. The second-order valence-corrected chi connectivity index (χ2v) is 8.66. The average Bonchev–Trinajstić information content (AvgIpc) is 2.89. The Morgan fingerprint density at radius 1 is 1.25 bits per heavy atom. The van der Waals surface area contributed by atoms with E-state index in [1.807, 2.05) is 6.92 Å². The minimum atomic E-state index is -0.941. The van der Waals surface area contributed by atoms with E-state index in [4.69, 9.17) is 4.74 Å². The Hall–Kier alpha value is -0.680. The lowest BCUT2D eigenvalue weighted by atomic mass is 9.61. The molecule has 0 aromatic heterocycles. The third-order valence-corrected chi connectivity index (χ3v) is 6.68. The van der Waals surface area contributed by atoms with E-state index in [0.717, 1.165) is 18.4 Å². The highest BCUT2D eigenvalue weighted by Gasteiger charge is 2.57. The van der Waals surface area contributed by atoms with Gasteiger partial charge in [-0.15, -0.1) is 0 Å². The van der Waals surface area contributed by atoms with Gasteiger partial charge in [-0.25, -0.2) is 4.89 Å². The van der Waals surface area contributed by atoms with Crippen molar-refractivity contribution in [3.8, 4) is 0 Å². The molecule has 2 bridgehead atoms. The summed E-state index contributed by atoms with van der Waals surface area (Å²) in [6.45, 7) is 14.9. The highest BCUT2D eigenvalue weighted by Crippen LogP contribution is 2.54. The van der Waals surface area contributed by atoms with Crippen LogP contribution in [0.25, 0.3) is 0 Å². The lowest BCUT2D eigenvalue weighted by molar-refractivity contribution is -0.271. The van der Waals surface area contributed by atoms with Gasteiger partial charge in [-0.05, 0) is 62.4 Å². The van der Waals surface area contributed by atoms with Crippen LogP contribution in [0.4, 0.5) is 0 Å². The Morgan fingerprint density at radius 2 is 1.96 bits per heavy atom. The van der Waals surface area contributed by atoms with E-state index < -0.39 is 11.7 Å². The van der Waals surface area contributed by atoms with Crippen molar-refractivity contribution in [3.05, 3.63) is 24.3 Å². The van der Waals surface area contributed by atoms with Crippen LogP contribution in [0, 0.1) is 23.7 Å². The number of aliphatic hydroxyl groups is 1. The van der Waals surface area contributed by atoms with Crippen LogP contribution in [0.1, 0.15) is 52.9 Å². The molecule has 1 aliphatic carbocycles. The Kier molecular flexibility index (Phi) is 4.95. The molecule has 2 saturated heterocycles. The maximum Gasteiger partial charge on any atom is 0.114 e. The van der Waals surface area contributed by atoms with Crippen molar-refractivity contribution >= 4 is 0 Å². The Balaban J connectivity index is 1.99. The maximum atomic E-state index is 11.2. The number of rotatable bonds is 2. The second kappa shape index (κ2) is 6.56. The largest absolute Gasteiger partial charge is 0.387 e. The summed E-state index contributed by atoms with van der Waals surface area (Å²) in [5.74, 6) is 1.67. The van der Waals surface area contributed by atoms with Gasteiger partial charge in [0.25, 0.3) is 0 Å². The molecule has 1 saturated carbocycles. The van der Waals surface area contributed by atoms with E-state index in [-0.39, 0.29) is 18.1 Å². The fourth-order valence-corrected chi connectivity index (χ4v) is 5.34. The van der Waals surface area contributed by atoms with Gasteiger partial charge in [-0.1, -0.05) is 32.6 Å². The summed E-state index contributed by atoms with van der Waals surface area (Å²) in [4.78, 5) is 4.63. The Labute approximate surface area is 145 Å². The van der Waals surface area contributed by atoms with Crippen LogP contribution in [-0.2, 0) is 9.62 Å². The normalized spacial score (nSPS) is 46.4. The lowest BCUT2D eigenvalue weighted by Crippen LogP contribution is -2.48. The first kappa shape index (κ1) is 18.1. The van der Waals surface area contributed by atoms with E-state index in [2.05, 4.69) is 31.9 Å². The molecule has 136 valence electrons. The zero-order chi connectivity index (χ0) is 17.6. The number of hydrogen-bond donors (Lipinski definition) is 2. The van der Waals surface area contributed by atoms with Crippen LogP contribution in [0.15, 0.2) is 24.3 Å². The van der Waals surface area contributed by atoms with Gasteiger partial charge in [-0.3, -0.25) is 5.26 Å². The topological polar surface area (TPSA) is 58.9 Å². The van der Waals surface area contributed by atoms with Gasteiger partial charge in [0.05, 0.1) is 17.8 Å². The summed E-state index contributed by atoms with van der Waals surface area (Å²) < 4.78 is 6.45. The maximum absolute atomic E-state index is 11.2. The zero-order valence-electron chi connectivity index (χ0n) is 15.2. The molecule has 3 fully saturated rings. The van der Waals surface area contributed by atoms with E-state index in [1.54, 1.807) is 0 Å². The first-order chi connectivity index (χ1) is 11.3. The van der Waals surface area contributed by atoms with E-state index in [9.17, 15) is 10.4 Å². The van der Waals surface area contributed by atoms with Crippen LogP contribution in [0.5, 0.6) is 0 Å². The molecule has 0 amide bonds. The van der Waals surface area contributed by atoms with Crippen LogP contribution in [0.3, 0.4) is 0 Å². The lowest BCUT2D eigenvalue weighted by Gasteiger charge is -2.44. The van der Waals surface area contributed by atoms with Gasteiger partial charge < -0.3 is 9.84 Å². The summed E-state index contributed by atoms with van der Waals surface area (Å²) >= 11 is 0. The predicted octanol–water partition coefficient (Wildman–Crippen LogP) is 3.96. The van der Waals surface area contributed by atoms with Crippen molar-refractivity contribution in [3.63, 3.8) is 0 Å². The van der Waals surface area contributed by atoms with E-state index in [0.29, 0.717) is 37.0 Å². The van der Waals surface area contributed by atoms with Gasteiger partial charge in [0, 0.05) is 5.92 Å². The molecule has 2 aliphatic heterocycles. The van der Waals surface area contributed by atoms with Crippen molar-refractivity contribution < 1.29 is 20.0 Å². The number of hydrogen-bond acceptors (Lipinski definition) is 4. The second-order valence-electron chi connectivity index (χ2n) is 8.66. The van der Waals surface area contributed by atoms with Crippen molar-refractivity contribution in [2.45, 2.75) is 76.8 Å². The van der Waals surface area contributed by atoms with Gasteiger partial charge >= 0.3 is 0 Å². The molecule has 24 heavy (non-hydrogen) atoms. The molecule has 0 aromatic carbocycles. The van der Waals surface area contributed by atoms with Crippen molar-refractivity contribution in [1.29, 1.82) is 0 Å². The smallest absolute Gasteiger partial charge is 0.114 e. The third kappa shape index (κ3) is 2.98. The number of ether oxygens (including phenoxy) is 1. The molecule has 0 unspecified atom stereocenters. The minimum absolute atomic E-state index is 0.0243. The van der Waals surface area contributed by atoms with Gasteiger partial charge in [0.2, 0.25) is 0 Å². The molecule has 4 heteroatoms. The monoisotopic (exact) mass is 336 g/mol. The summed E-state index contributed by atoms with van der Waals surface area (Å²) in [7, 11) is 0. The molecule has 3 aliphatic rings. The highest BCUT2D eigenvalue weighted by molar-refractivity contribution is 5.20. The van der Waals surface area contributed by atoms with Crippen LogP contribution in [0.2, 0.25) is 0 Å². The molecule has 2 heterocycles. The van der Waals surface area contributed by atoms with E-state index in [1.165, 1.54) is 5.57 Å². The number of fused-ring (bicyclic) bond motifs is 5. The molecule has 2 N–H and O–H groups in total. The fraction of sp³-hybridized carbons (Fsp3) is 0.800. The Morgan fingerprint density at radius 3 is 2.58 bits per heavy atom. The molecular formula is C20H32O4. The molecular weight excluding hydrogens is 304 g/mol. The molecule has 7 atom stereocenters. The van der Waals surface area contributed by atoms with Gasteiger partial charge in [-0.2, -0.15) is 0 Å².